The highest BCUT2D eigenvalue weighted by atomic mass is 32.2. The van der Waals surface area contributed by atoms with E-state index < -0.39 is 47.9 Å². The van der Waals surface area contributed by atoms with Crippen molar-refractivity contribution in [2.75, 3.05) is 18.6 Å². The summed E-state index contributed by atoms with van der Waals surface area (Å²) in [6, 6.07) is 4.92. The number of guanidine groups is 1. The number of H-pyrrole nitrogens is 1. The van der Waals surface area contributed by atoms with Crippen LogP contribution in [-0.4, -0.2) is 87.4 Å². The SMILES string of the molecule is CSCCC(NC(=O)C(CCCN=C(N)N)NC(=O)C(Cc1cnc[nH]1)NC(=O)C(N)Cc1ccccc1)C(=O)O. The van der Waals surface area contributed by atoms with Gasteiger partial charge in [0.15, 0.2) is 5.96 Å². The highest BCUT2D eigenvalue weighted by Crippen LogP contribution is 2.07. The molecule has 1 aromatic carbocycles. The Hall–Kier alpha value is -4.11. The quantitative estimate of drug-likeness (QED) is 0.0590. The van der Waals surface area contributed by atoms with Crippen molar-refractivity contribution < 1.29 is 24.3 Å². The van der Waals surface area contributed by atoms with E-state index in [4.69, 9.17) is 17.2 Å². The molecule has 3 amide bonds. The molecule has 41 heavy (non-hydrogen) atoms. The summed E-state index contributed by atoms with van der Waals surface area (Å²) in [5, 5.41) is 17.4. The molecule has 4 unspecified atom stereocenters. The maximum absolute atomic E-state index is 13.5. The number of hydrogen-bond donors (Lipinski definition) is 8. The van der Waals surface area contributed by atoms with E-state index in [0.717, 1.165) is 5.56 Å². The zero-order valence-electron chi connectivity index (χ0n) is 22.9. The lowest BCUT2D eigenvalue weighted by Gasteiger charge is -2.25. The van der Waals surface area contributed by atoms with Gasteiger partial charge >= 0.3 is 5.97 Å². The first-order valence-electron chi connectivity index (χ1n) is 13.1. The molecule has 0 radical (unpaired) electrons. The summed E-state index contributed by atoms with van der Waals surface area (Å²) in [5.41, 5.74) is 18.3. The zero-order chi connectivity index (χ0) is 30.2. The molecule has 14 nitrogen and oxygen atoms in total. The number of aromatic nitrogens is 2. The van der Waals surface area contributed by atoms with E-state index in [9.17, 15) is 24.3 Å². The molecule has 0 fully saturated rings. The number of aliphatic carboxylic acids is 1. The summed E-state index contributed by atoms with van der Waals surface area (Å²) >= 11 is 1.45. The van der Waals surface area contributed by atoms with Crippen LogP contribution in [-0.2, 0) is 32.0 Å². The predicted molar refractivity (Wildman–Crippen MR) is 157 cm³/mol. The number of hydrogen-bond acceptors (Lipinski definition) is 8. The van der Waals surface area contributed by atoms with E-state index in [1.807, 2.05) is 36.6 Å². The van der Waals surface area contributed by atoms with Crippen molar-refractivity contribution in [3.63, 3.8) is 0 Å². The van der Waals surface area contributed by atoms with Gasteiger partial charge in [0.25, 0.3) is 0 Å². The predicted octanol–water partition coefficient (Wildman–Crippen LogP) is -1.13. The maximum atomic E-state index is 13.5. The fourth-order valence-corrected chi connectivity index (χ4v) is 4.35. The number of aliphatic imine (C=N–C) groups is 1. The van der Waals surface area contributed by atoms with Gasteiger partial charge in [-0.05, 0) is 43.3 Å². The molecule has 0 spiro atoms. The monoisotopic (exact) mass is 589 g/mol. The lowest BCUT2D eigenvalue weighted by atomic mass is 10.0. The van der Waals surface area contributed by atoms with Gasteiger partial charge in [-0.1, -0.05) is 30.3 Å². The van der Waals surface area contributed by atoms with Crippen LogP contribution in [0, 0.1) is 0 Å². The van der Waals surface area contributed by atoms with Crippen LogP contribution in [0.4, 0.5) is 0 Å². The smallest absolute Gasteiger partial charge is 0.326 e. The summed E-state index contributed by atoms with van der Waals surface area (Å²) in [6.07, 6.45) is 5.71. The van der Waals surface area contributed by atoms with Crippen LogP contribution in [0.5, 0.6) is 0 Å². The number of carbonyl (C=O) groups is 4. The number of nitrogens with two attached hydrogens (primary N) is 3. The van der Waals surface area contributed by atoms with Crippen molar-refractivity contribution in [1.82, 2.24) is 25.9 Å². The molecule has 0 saturated heterocycles. The van der Waals surface area contributed by atoms with Gasteiger partial charge in [-0.2, -0.15) is 11.8 Å². The zero-order valence-corrected chi connectivity index (χ0v) is 23.7. The van der Waals surface area contributed by atoms with Crippen molar-refractivity contribution in [3.05, 3.63) is 54.1 Å². The molecule has 0 bridgehead atoms. The highest BCUT2D eigenvalue weighted by molar-refractivity contribution is 7.98. The van der Waals surface area contributed by atoms with Crippen LogP contribution < -0.4 is 33.2 Å². The fourth-order valence-electron chi connectivity index (χ4n) is 3.88. The molecule has 1 aromatic heterocycles. The number of rotatable bonds is 18. The van der Waals surface area contributed by atoms with Crippen LogP contribution >= 0.6 is 11.8 Å². The van der Waals surface area contributed by atoms with Gasteiger partial charge in [-0.15, -0.1) is 0 Å². The van der Waals surface area contributed by atoms with Crippen molar-refractivity contribution >= 4 is 41.4 Å². The summed E-state index contributed by atoms with van der Waals surface area (Å²) in [7, 11) is 0. The largest absolute Gasteiger partial charge is 0.480 e. The van der Waals surface area contributed by atoms with E-state index in [-0.39, 0.29) is 38.2 Å². The third-order valence-corrected chi connectivity index (χ3v) is 6.69. The molecule has 0 saturated carbocycles. The van der Waals surface area contributed by atoms with E-state index in [1.165, 1.54) is 24.3 Å². The Morgan fingerprint density at radius 3 is 2.24 bits per heavy atom. The number of carbonyl (C=O) groups excluding carboxylic acids is 3. The summed E-state index contributed by atoms with van der Waals surface area (Å²) in [5.74, 6) is -2.67. The lowest BCUT2D eigenvalue weighted by molar-refractivity contribution is -0.142. The minimum Gasteiger partial charge on any atom is -0.480 e. The van der Waals surface area contributed by atoms with Gasteiger partial charge in [0.1, 0.15) is 18.1 Å². The number of nitrogens with zero attached hydrogens (tertiary/aromatic N) is 2. The number of imidazole rings is 1. The maximum Gasteiger partial charge on any atom is 0.326 e. The molecule has 2 aromatic rings. The molecule has 0 aliphatic carbocycles. The Bertz CT molecular complexity index is 1140. The molecule has 0 aliphatic heterocycles. The number of nitrogens with one attached hydrogen (secondary N) is 4. The minimum atomic E-state index is -1.19. The third kappa shape index (κ3) is 12.3. The summed E-state index contributed by atoms with van der Waals surface area (Å²) in [4.78, 5) is 62.0. The van der Waals surface area contributed by atoms with Gasteiger partial charge in [-0.3, -0.25) is 19.4 Å². The molecular formula is C26H39N9O5S. The lowest BCUT2D eigenvalue weighted by Crippen LogP contribution is -2.57. The number of carboxylic acid groups (broad SMARTS) is 1. The van der Waals surface area contributed by atoms with E-state index in [1.54, 1.807) is 0 Å². The summed E-state index contributed by atoms with van der Waals surface area (Å²) in [6.45, 7) is 0.194. The molecule has 15 heteroatoms. The Morgan fingerprint density at radius 2 is 1.63 bits per heavy atom. The average molecular weight is 590 g/mol. The van der Waals surface area contributed by atoms with Crippen molar-refractivity contribution in [2.24, 2.45) is 22.2 Å². The second-order valence-corrected chi connectivity index (χ2v) is 10.3. The normalized spacial score (nSPS) is 13.7. The molecule has 224 valence electrons. The molecule has 0 aliphatic rings. The molecule has 1 heterocycles. The fraction of sp³-hybridized carbons (Fsp3) is 0.462. The standard InChI is InChI=1S/C26H39N9O5S/c1-41-11-9-20(25(39)40)34-23(37)19(8-5-10-31-26(28)29)33-24(38)21(13-17-14-30-15-32-17)35-22(36)18(27)12-16-6-3-2-4-7-16/h2-4,6-7,14-15,18-21H,5,8-13,27H2,1H3,(H,30,32)(H,33,38)(H,34,37)(H,35,36)(H,39,40)(H4,28,29,31). The van der Waals surface area contributed by atoms with Crippen LogP contribution in [0.25, 0.3) is 0 Å². The first kappa shape index (κ1) is 33.1. The second-order valence-electron chi connectivity index (χ2n) is 9.33. The van der Waals surface area contributed by atoms with Crippen LogP contribution in [0.1, 0.15) is 30.5 Å². The van der Waals surface area contributed by atoms with Crippen LogP contribution in [0.3, 0.4) is 0 Å². The van der Waals surface area contributed by atoms with Crippen molar-refractivity contribution in [1.29, 1.82) is 0 Å². The van der Waals surface area contributed by atoms with Gasteiger partial charge < -0.3 is 43.2 Å². The van der Waals surface area contributed by atoms with Crippen LogP contribution in [0.2, 0.25) is 0 Å². The second kappa shape index (κ2) is 17.6. The summed E-state index contributed by atoms with van der Waals surface area (Å²) < 4.78 is 0. The molecule has 11 N–H and O–H groups in total. The highest BCUT2D eigenvalue weighted by Gasteiger charge is 2.30. The molecule has 2 rings (SSSR count). The number of thioether (sulfide) groups is 1. The van der Waals surface area contributed by atoms with Gasteiger partial charge in [0.05, 0.1) is 12.4 Å². The Balaban J connectivity index is 2.19. The Labute approximate surface area is 242 Å². The van der Waals surface area contributed by atoms with Crippen molar-refractivity contribution in [3.8, 4) is 0 Å². The first-order valence-corrected chi connectivity index (χ1v) is 14.4. The number of aromatic amines is 1. The van der Waals surface area contributed by atoms with Gasteiger partial charge in [-0.25, -0.2) is 9.78 Å². The van der Waals surface area contributed by atoms with E-state index in [0.29, 0.717) is 17.9 Å². The van der Waals surface area contributed by atoms with E-state index in [2.05, 4.69) is 30.9 Å². The number of amides is 3. The number of carboxylic acids is 1. The van der Waals surface area contributed by atoms with Crippen molar-refractivity contribution in [2.45, 2.75) is 56.3 Å². The topological polar surface area (TPSA) is 244 Å². The first-order chi connectivity index (χ1) is 19.6. The average Bonchev–Trinajstić information content (AvgIpc) is 3.45. The Morgan fingerprint density at radius 1 is 0.976 bits per heavy atom. The Kier molecular flexibility index (Phi) is 14.2. The van der Waals surface area contributed by atoms with Crippen LogP contribution in [0.15, 0.2) is 47.8 Å². The third-order valence-electron chi connectivity index (χ3n) is 6.05. The minimum absolute atomic E-state index is 0.0451. The molecule has 4 atom stereocenters. The van der Waals surface area contributed by atoms with E-state index >= 15 is 0 Å². The van der Waals surface area contributed by atoms with Gasteiger partial charge in [0, 0.05) is 24.9 Å². The molecular weight excluding hydrogens is 550 g/mol. The number of benzene rings is 1. The van der Waals surface area contributed by atoms with Gasteiger partial charge in [0.2, 0.25) is 17.7 Å².